The van der Waals surface area contributed by atoms with E-state index in [0.717, 1.165) is 0 Å². The van der Waals surface area contributed by atoms with E-state index in [2.05, 4.69) is 15.5 Å². The lowest BCUT2D eigenvalue weighted by atomic mass is 9.96. The molecule has 0 aliphatic rings. The minimum absolute atomic E-state index is 0.0253. The molecule has 1 atom stereocenters. The first kappa shape index (κ1) is 16.2. The molecule has 0 radical (unpaired) electrons. The standard InChI is InChI=1S/C15H16ClN3O3/c1-9(15(21)10-3-5-11(16)6-4-10)7-14-18-12(19-22-14)8-13(20)17-2/h3-6,9H,7-8H2,1-2H3,(H,17,20). The van der Waals surface area contributed by atoms with E-state index >= 15 is 0 Å². The van der Waals surface area contributed by atoms with Gasteiger partial charge in [-0.1, -0.05) is 23.7 Å². The van der Waals surface area contributed by atoms with Crippen molar-refractivity contribution in [2.75, 3.05) is 7.05 Å². The van der Waals surface area contributed by atoms with Crippen LogP contribution in [0.1, 0.15) is 29.0 Å². The van der Waals surface area contributed by atoms with Crippen molar-refractivity contribution in [1.29, 1.82) is 0 Å². The average molecular weight is 322 g/mol. The van der Waals surface area contributed by atoms with E-state index in [4.69, 9.17) is 16.1 Å². The summed E-state index contributed by atoms with van der Waals surface area (Å²) in [6.45, 7) is 1.79. The first-order chi connectivity index (χ1) is 10.5. The normalized spacial score (nSPS) is 12.0. The fourth-order valence-corrected chi connectivity index (χ4v) is 2.06. The number of rotatable bonds is 6. The predicted molar refractivity (Wildman–Crippen MR) is 80.7 cm³/mol. The van der Waals surface area contributed by atoms with Gasteiger partial charge in [-0.3, -0.25) is 9.59 Å². The average Bonchev–Trinajstić information content (AvgIpc) is 2.94. The largest absolute Gasteiger partial charge is 0.359 e. The summed E-state index contributed by atoms with van der Waals surface area (Å²) < 4.78 is 5.07. The summed E-state index contributed by atoms with van der Waals surface area (Å²) in [6, 6.07) is 6.73. The summed E-state index contributed by atoms with van der Waals surface area (Å²) in [7, 11) is 1.54. The molecule has 1 aromatic heterocycles. The number of Topliss-reactive ketones (excluding diaryl/α,β-unsaturated/α-hetero) is 1. The molecule has 0 spiro atoms. The Morgan fingerprint density at radius 3 is 2.64 bits per heavy atom. The highest BCUT2D eigenvalue weighted by Gasteiger charge is 2.19. The number of likely N-dealkylation sites (N-methyl/N-ethyl adjacent to an activating group) is 1. The van der Waals surface area contributed by atoms with Crippen LogP contribution in [0.2, 0.25) is 5.02 Å². The number of hydrogen-bond donors (Lipinski definition) is 1. The molecule has 22 heavy (non-hydrogen) atoms. The molecule has 7 heteroatoms. The Balaban J connectivity index is 1.99. The van der Waals surface area contributed by atoms with Crippen molar-refractivity contribution in [3.63, 3.8) is 0 Å². The second-order valence-electron chi connectivity index (χ2n) is 4.93. The van der Waals surface area contributed by atoms with Gasteiger partial charge in [0, 0.05) is 30.0 Å². The third-order valence-corrected chi connectivity index (χ3v) is 3.42. The van der Waals surface area contributed by atoms with Crippen LogP contribution in [0.15, 0.2) is 28.8 Å². The van der Waals surface area contributed by atoms with Gasteiger partial charge < -0.3 is 9.84 Å². The third-order valence-electron chi connectivity index (χ3n) is 3.16. The quantitative estimate of drug-likeness (QED) is 0.823. The van der Waals surface area contributed by atoms with E-state index in [0.29, 0.717) is 28.7 Å². The van der Waals surface area contributed by atoms with Crippen molar-refractivity contribution in [3.05, 3.63) is 46.6 Å². The summed E-state index contributed by atoms with van der Waals surface area (Å²) in [6.07, 6.45) is 0.377. The van der Waals surface area contributed by atoms with Gasteiger partial charge in [0.05, 0.1) is 6.42 Å². The van der Waals surface area contributed by atoms with E-state index < -0.39 is 0 Å². The SMILES string of the molecule is CNC(=O)Cc1noc(CC(C)C(=O)c2ccc(Cl)cc2)n1. The fourth-order valence-electron chi connectivity index (χ4n) is 1.93. The molecule has 2 rings (SSSR count). The molecule has 0 bridgehead atoms. The zero-order chi connectivity index (χ0) is 16.1. The molecule has 1 aromatic carbocycles. The summed E-state index contributed by atoms with van der Waals surface area (Å²) >= 11 is 5.80. The van der Waals surface area contributed by atoms with Crippen LogP contribution in [0.25, 0.3) is 0 Å². The number of carbonyl (C=O) groups excluding carboxylic acids is 2. The van der Waals surface area contributed by atoms with E-state index in [-0.39, 0.29) is 24.0 Å². The second kappa shape index (κ2) is 7.17. The molecule has 0 saturated heterocycles. The van der Waals surface area contributed by atoms with Crippen LogP contribution in [-0.4, -0.2) is 28.9 Å². The predicted octanol–water partition coefficient (Wildman–Crippen LogP) is 2.07. The Hall–Kier alpha value is -2.21. The first-order valence-corrected chi connectivity index (χ1v) is 7.19. The smallest absolute Gasteiger partial charge is 0.227 e. The van der Waals surface area contributed by atoms with Gasteiger partial charge in [0.2, 0.25) is 11.8 Å². The van der Waals surface area contributed by atoms with Crippen molar-refractivity contribution < 1.29 is 14.1 Å². The molecule has 1 amide bonds. The molecule has 0 saturated carbocycles. The number of aromatic nitrogens is 2. The van der Waals surface area contributed by atoms with E-state index in [9.17, 15) is 9.59 Å². The number of ketones is 1. The minimum atomic E-state index is -0.311. The van der Waals surface area contributed by atoms with Crippen LogP contribution >= 0.6 is 11.6 Å². The highest BCUT2D eigenvalue weighted by molar-refractivity contribution is 6.30. The molecule has 1 unspecified atom stereocenters. The Bertz CT molecular complexity index is 667. The molecule has 1 N–H and O–H groups in total. The lowest BCUT2D eigenvalue weighted by Crippen LogP contribution is -2.20. The van der Waals surface area contributed by atoms with Gasteiger partial charge in [0.25, 0.3) is 0 Å². The maximum absolute atomic E-state index is 12.3. The van der Waals surface area contributed by atoms with Crippen molar-refractivity contribution in [2.45, 2.75) is 19.8 Å². The van der Waals surface area contributed by atoms with Crippen LogP contribution < -0.4 is 5.32 Å². The number of amides is 1. The number of carbonyl (C=O) groups is 2. The maximum atomic E-state index is 12.3. The highest BCUT2D eigenvalue weighted by atomic mass is 35.5. The number of benzene rings is 1. The van der Waals surface area contributed by atoms with Crippen LogP contribution in [0, 0.1) is 5.92 Å². The van der Waals surface area contributed by atoms with Crippen LogP contribution in [0.5, 0.6) is 0 Å². The van der Waals surface area contributed by atoms with Crippen molar-refractivity contribution >= 4 is 23.3 Å². The minimum Gasteiger partial charge on any atom is -0.359 e. The van der Waals surface area contributed by atoms with E-state index in [1.165, 1.54) is 7.05 Å². The molecular weight excluding hydrogens is 306 g/mol. The van der Waals surface area contributed by atoms with Gasteiger partial charge in [0.15, 0.2) is 11.6 Å². The van der Waals surface area contributed by atoms with Crippen molar-refractivity contribution in [3.8, 4) is 0 Å². The molecule has 0 aliphatic carbocycles. The topological polar surface area (TPSA) is 85.1 Å². The summed E-state index contributed by atoms with van der Waals surface area (Å²) in [4.78, 5) is 27.6. The molecule has 2 aromatic rings. The van der Waals surface area contributed by atoms with Gasteiger partial charge in [0.1, 0.15) is 0 Å². The number of hydrogen-bond acceptors (Lipinski definition) is 5. The molecular formula is C15H16ClN3O3. The zero-order valence-electron chi connectivity index (χ0n) is 12.3. The monoisotopic (exact) mass is 321 g/mol. The summed E-state index contributed by atoms with van der Waals surface area (Å²) in [5.41, 5.74) is 0.585. The fraction of sp³-hybridized carbons (Fsp3) is 0.333. The van der Waals surface area contributed by atoms with E-state index in [1.807, 2.05) is 0 Å². The maximum Gasteiger partial charge on any atom is 0.227 e. The van der Waals surface area contributed by atoms with Crippen LogP contribution in [0.4, 0.5) is 0 Å². The Morgan fingerprint density at radius 1 is 1.32 bits per heavy atom. The number of nitrogens with zero attached hydrogens (tertiary/aromatic N) is 2. The highest BCUT2D eigenvalue weighted by Crippen LogP contribution is 2.16. The number of nitrogens with one attached hydrogen (secondary N) is 1. The number of halogens is 1. The molecule has 1 heterocycles. The van der Waals surface area contributed by atoms with E-state index in [1.54, 1.807) is 31.2 Å². The Labute approximate surface area is 132 Å². The first-order valence-electron chi connectivity index (χ1n) is 6.81. The Kier molecular flexibility index (Phi) is 5.27. The van der Waals surface area contributed by atoms with Gasteiger partial charge >= 0.3 is 0 Å². The lowest BCUT2D eigenvalue weighted by Gasteiger charge is -2.07. The van der Waals surface area contributed by atoms with Gasteiger partial charge in [-0.15, -0.1) is 0 Å². The summed E-state index contributed by atoms with van der Waals surface area (Å²) in [5, 5.41) is 6.79. The molecule has 0 fully saturated rings. The van der Waals surface area contributed by atoms with Crippen molar-refractivity contribution in [1.82, 2.24) is 15.5 Å². The van der Waals surface area contributed by atoms with Crippen LogP contribution in [0.3, 0.4) is 0 Å². The lowest BCUT2D eigenvalue weighted by molar-refractivity contribution is -0.120. The van der Waals surface area contributed by atoms with Gasteiger partial charge in [-0.05, 0) is 24.3 Å². The third kappa shape index (κ3) is 4.14. The van der Waals surface area contributed by atoms with Crippen molar-refractivity contribution in [2.24, 2.45) is 5.92 Å². The molecule has 0 aliphatic heterocycles. The van der Waals surface area contributed by atoms with Gasteiger partial charge in [-0.2, -0.15) is 4.98 Å². The molecule has 116 valence electrons. The van der Waals surface area contributed by atoms with Gasteiger partial charge in [-0.25, -0.2) is 0 Å². The zero-order valence-corrected chi connectivity index (χ0v) is 13.1. The van der Waals surface area contributed by atoms with Crippen LogP contribution in [-0.2, 0) is 17.6 Å². The summed E-state index contributed by atoms with van der Waals surface area (Å²) in [5.74, 6) is 0.115. The molecule has 6 nitrogen and oxygen atoms in total. The second-order valence-corrected chi connectivity index (χ2v) is 5.37. The Morgan fingerprint density at radius 2 is 2.00 bits per heavy atom.